The van der Waals surface area contributed by atoms with Crippen LogP contribution in [-0.2, 0) is 23.0 Å². The van der Waals surface area contributed by atoms with Gasteiger partial charge in [-0.2, -0.15) is 0 Å². The number of nitrogens with one attached hydrogen (secondary N) is 1. The highest BCUT2D eigenvalue weighted by molar-refractivity contribution is 7.88. The molecule has 5 rings (SSSR count). The first-order valence-electron chi connectivity index (χ1n) is 12.7. The molecule has 1 aliphatic heterocycles. The van der Waals surface area contributed by atoms with Crippen molar-refractivity contribution in [2.45, 2.75) is 31.8 Å². The van der Waals surface area contributed by atoms with Crippen molar-refractivity contribution in [1.82, 2.24) is 24.2 Å². The number of aromatic hydroxyl groups is 1. The smallest absolute Gasteiger partial charge is 0.268 e. The molecule has 3 aromatic heterocycles. The molecule has 4 aromatic rings. The number of halogens is 1. The molecule has 0 bridgehead atoms. The monoisotopic (exact) mass is 565 g/mol. The van der Waals surface area contributed by atoms with Crippen molar-refractivity contribution in [3.05, 3.63) is 99.5 Å². The van der Waals surface area contributed by atoms with Crippen molar-refractivity contribution < 1.29 is 22.7 Å². The largest absolute Gasteiger partial charge is 0.505 e. The zero-order chi connectivity index (χ0) is 28.4. The minimum absolute atomic E-state index is 0.0815. The molecule has 0 radical (unpaired) electrons. The Morgan fingerprint density at radius 2 is 1.82 bits per heavy atom. The highest BCUT2D eigenvalue weighted by atomic mass is 32.2. The van der Waals surface area contributed by atoms with E-state index < -0.39 is 32.8 Å². The van der Waals surface area contributed by atoms with Gasteiger partial charge in [0.2, 0.25) is 10.0 Å². The summed E-state index contributed by atoms with van der Waals surface area (Å²) in [7, 11) is -3.33. The lowest BCUT2D eigenvalue weighted by Gasteiger charge is -2.30. The van der Waals surface area contributed by atoms with Crippen molar-refractivity contribution in [3.8, 4) is 5.75 Å². The summed E-state index contributed by atoms with van der Waals surface area (Å²) in [6.45, 7) is 0.576. The molecule has 0 spiro atoms. The molecule has 1 aromatic carbocycles. The number of carbonyl (C=O) groups excluding carboxylic acids is 1. The van der Waals surface area contributed by atoms with Gasteiger partial charge in [0.05, 0.1) is 18.3 Å². The van der Waals surface area contributed by atoms with Crippen molar-refractivity contribution in [3.63, 3.8) is 0 Å². The Bertz CT molecular complexity index is 1720. The summed E-state index contributed by atoms with van der Waals surface area (Å²) in [4.78, 5) is 35.6. The van der Waals surface area contributed by atoms with Gasteiger partial charge in [-0.05, 0) is 60.2 Å². The van der Waals surface area contributed by atoms with Crippen molar-refractivity contribution in [2.75, 3.05) is 19.3 Å². The second-order valence-electron chi connectivity index (χ2n) is 9.90. The van der Waals surface area contributed by atoms with E-state index in [4.69, 9.17) is 0 Å². The summed E-state index contributed by atoms with van der Waals surface area (Å²) in [6.07, 6.45) is 7.08. The van der Waals surface area contributed by atoms with Gasteiger partial charge < -0.3 is 15.0 Å². The van der Waals surface area contributed by atoms with Gasteiger partial charge in [-0.3, -0.25) is 19.6 Å². The van der Waals surface area contributed by atoms with Crippen LogP contribution in [0.4, 0.5) is 4.39 Å². The van der Waals surface area contributed by atoms with Gasteiger partial charge in [-0.15, -0.1) is 0 Å². The van der Waals surface area contributed by atoms with E-state index in [1.54, 1.807) is 48.9 Å². The molecule has 10 nitrogen and oxygen atoms in total. The van der Waals surface area contributed by atoms with E-state index in [9.17, 15) is 27.5 Å². The van der Waals surface area contributed by atoms with Crippen LogP contribution in [0.2, 0.25) is 0 Å². The number of sulfonamides is 1. The molecule has 4 heterocycles. The highest BCUT2D eigenvalue weighted by Crippen LogP contribution is 2.27. The fraction of sp³-hybridized carbons (Fsp3) is 0.286. The number of hydrogen-bond donors (Lipinski definition) is 2. The molecule has 1 amide bonds. The van der Waals surface area contributed by atoms with Crippen LogP contribution in [0, 0.1) is 5.82 Å². The van der Waals surface area contributed by atoms with E-state index in [-0.39, 0.29) is 37.0 Å². The third kappa shape index (κ3) is 5.87. The molecule has 1 aliphatic rings. The fourth-order valence-electron chi connectivity index (χ4n) is 4.91. The number of hydrogen-bond acceptors (Lipinski definition) is 7. The molecule has 0 unspecified atom stereocenters. The lowest BCUT2D eigenvalue weighted by Crippen LogP contribution is -2.47. The number of pyridine rings is 3. The molecule has 1 saturated heterocycles. The van der Waals surface area contributed by atoms with Crippen LogP contribution in [0.1, 0.15) is 39.9 Å². The van der Waals surface area contributed by atoms with E-state index in [2.05, 4.69) is 15.3 Å². The second-order valence-corrected chi connectivity index (χ2v) is 11.9. The van der Waals surface area contributed by atoms with E-state index in [0.717, 1.165) is 17.4 Å². The second kappa shape index (κ2) is 11.1. The number of rotatable bonds is 7. The summed E-state index contributed by atoms with van der Waals surface area (Å²) < 4.78 is 39.7. The Hall–Kier alpha value is -4.16. The topological polar surface area (TPSA) is 134 Å². The van der Waals surface area contributed by atoms with Crippen LogP contribution in [0.25, 0.3) is 11.0 Å². The Balaban J connectivity index is 1.51. The van der Waals surface area contributed by atoms with Crippen LogP contribution in [0.15, 0.2) is 65.8 Å². The first-order valence-corrected chi connectivity index (χ1v) is 14.6. The first kappa shape index (κ1) is 27.4. The SMILES string of the molecule is CS(=O)(=O)N1CCC(NC(=O)c2c(O)c3ncc(Cc4ccc(F)cc4)cc3n(Cc3cccnc3)c2=O)CC1. The van der Waals surface area contributed by atoms with Gasteiger partial charge in [-0.1, -0.05) is 18.2 Å². The molecule has 208 valence electrons. The maximum atomic E-state index is 13.7. The van der Waals surface area contributed by atoms with Gasteiger partial charge in [0.25, 0.3) is 11.5 Å². The zero-order valence-corrected chi connectivity index (χ0v) is 22.6. The summed E-state index contributed by atoms with van der Waals surface area (Å²) in [5.74, 6) is -1.62. The number of amides is 1. The third-order valence-electron chi connectivity index (χ3n) is 7.01. The number of carbonyl (C=O) groups is 1. The predicted molar refractivity (Wildman–Crippen MR) is 147 cm³/mol. The summed E-state index contributed by atoms with van der Waals surface area (Å²) in [6, 6.07) is 10.9. The maximum Gasteiger partial charge on any atom is 0.268 e. The molecule has 0 aliphatic carbocycles. The first-order chi connectivity index (χ1) is 19.1. The molecular formula is C28H28FN5O5S. The molecule has 40 heavy (non-hydrogen) atoms. The minimum Gasteiger partial charge on any atom is -0.505 e. The van der Waals surface area contributed by atoms with E-state index >= 15 is 0 Å². The van der Waals surface area contributed by atoms with Crippen molar-refractivity contribution in [2.24, 2.45) is 0 Å². The minimum atomic E-state index is -3.33. The Morgan fingerprint density at radius 3 is 2.48 bits per heavy atom. The van der Waals surface area contributed by atoms with E-state index in [0.29, 0.717) is 30.3 Å². The Labute approximate surface area is 230 Å². The number of aromatic nitrogens is 3. The van der Waals surface area contributed by atoms with Crippen LogP contribution < -0.4 is 10.9 Å². The van der Waals surface area contributed by atoms with Gasteiger partial charge >= 0.3 is 0 Å². The number of fused-ring (bicyclic) bond motifs is 1. The Morgan fingerprint density at radius 1 is 1.10 bits per heavy atom. The Kier molecular flexibility index (Phi) is 7.63. The van der Waals surface area contributed by atoms with Crippen LogP contribution >= 0.6 is 0 Å². The normalized spacial score (nSPS) is 14.8. The van der Waals surface area contributed by atoms with Gasteiger partial charge in [0.15, 0.2) is 5.75 Å². The highest BCUT2D eigenvalue weighted by Gasteiger charge is 2.29. The quantitative estimate of drug-likeness (QED) is 0.352. The molecular weight excluding hydrogens is 537 g/mol. The summed E-state index contributed by atoms with van der Waals surface area (Å²) in [5.41, 5.74) is 1.58. The van der Waals surface area contributed by atoms with E-state index in [1.807, 2.05) is 0 Å². The molecule has 0 saturated carbocycles. The van der Waals surface area contributed by atoms with Crippen molar-refractivity contribution >= 4 is 27.0 Å². The average Bonchev–Trinajstić information content (AvgIpc) is 2.93. The fourth-order valence-corrected chi connectivity index (χ4v) is 5.78. The number of nitrogens with zero attached hydrogens (tertiary/aromatic N) is 4. The molecule has 1 fully saturated rings. The predicted octanol–water partition coefficient (Wildman–Crippen LogP) is 2.43. The lowest BCUT2D eigenvalue weighted by molar-refractivity contribution is 0.0919. The van der Waals surface area contributed by atoms with Gasteiger partial charge in [0, 0.05) is 37.7 Å². The van der Waals surface area contributed by atoms with Crippen LogP contribution in [0.3, 0.4) is 0 Å². The lowest BCUT2D eigenvalue weighted by atomic mass is 10.0. The standard InChI is InChI=1S/C28H28FN5O5S/c1-40(38,39)33-11-8-22(9-12-33)32-27(36)24-26(35)25-23(34(28(24)37)17-19-3-2-10-30-15-19)14-20(16-31-25)13-18-4-6-21(29)7-5-18/h2-7,10,14-16,22,35H,8-9,11-13,17H2,1H3,(H,32,36). The maximum absolute atomic E-state index is 13.7. The number of piperidine rings is 1. The van der Waals surface area contributed by atoms with Crippen LogP contribution in [-0.4, -0.2) is 63.7 Å². The average molecular weight is 566 g/mol. The third-order valence-corrected chi connectivity index (χ3v) is 8.31. The van der Waals surface area contributed by atoms with Crippen LogP contribution in [0.5, 0.6) is 5.75 Å². The molecule has 12 heteroatoms. The molecule has 2 N–H and O–H groups in total. The van der Waals surface area contributed by atoms with Gasteiger partial charge in [0.1, 0.15) is 16.9 Å². The summed E-state index contributed by atoms with van der Waals surface area (Å²) in [5, 5.41) is 13.9. The summed E-state index contributed by atoms with van der Waals surface area (Å²) >= 11 is 0. The van der Waals surface area contributed by atoms with E-state index in [1.165, 1.54) is 21.0 Å². The number of benzene rings is 1. The van der Waals surface area contributed by atoms with Gasteiger partial charge in [-0.25, -0.2) is 17.1 Å². The zero-order valence-electron chi connectivity index (χ0n) is 21.7. The molecule has 0 atom stereocenters. The van der Waals surface area contributed by atoms with Crippen molar-refractivity contribution in [1.29, 1.82) is 0 Å².